The molecule has 1 heterocycles. The molecule has 0 aliphatic carbocycles. The smallest absolute Gasteiger partial charge is 0.195 e. The normalized spacial score (nSPS) is 11.5. The van der Waals surface area contributed by atoms with Gasteiger partial charge < -0.3 is 25.1 Å². The molecule has 6 nitrogen and oxygen atoms in total. The van der Waals surface area contributed by atoms with E-state index in [0.29, 0.717) is 18.3 Å². The van der Waals surface area contributed by atoms with Crippen molar-refractivity contribution in [3.05, 3.63) is 53.7 Å². The minimum absolute atomic E-state index is 0.597. The van der Waals surface area contributed by atoms with Crippen molar-refractivity contribution >= 4 is 22.5 Å². The molecule has 3 aromatic rings. The first-order chi connectivity index (χ1) is 13.7. The number of H-pyrrole nitrogens is 1. The van der Waals surface area contributed by atoms with Gasteiger partial charge in [0.25, 0.3) is 0 Å². The maximum atomic E-state index is 5.57. The second kappa shape index (κ2) is 9.17. The molecule has 0 amide bonds. The van der Waals surface area contributed by atoms with Crippen molar-refractivity contribution < 1.29 is 9.47 Å². The summed E-state index contributed by atoms with van der Waals surface area (Å²) >= 11 is 0. The number of aryl methyl sites for hydroxylation is 1. The van der Waals surface area contributed by atoms with Crippen molar-refractivity contribution in [3.8, 4) is 11.5 Å². The topological polar surface area (TPSA) is 70.7 Å². The van der Waals surface area contributed by atoms with Crippen LogP contribution in [0.25, 0.3) is 10.9 Å². The van der Waals surface area contributed by atoms with Crippen LogP contribution in [-0.4, -0.2) is 38.3 Å². The number of aromatic amines is 1. The van der Waals surface area contributed by atoms with Crippen LogP contribution in [-0.2, 0) is 6.42 Å². The highest BCUT2D eigenvalue weighted by Crippen LogP contribution is 2.30. The number of benzene rings is 2. The Labute approximate surface area is 166 Å². The van der Waals surface area contributed by atoms with Crippen molar-refractivity contribution in [2.75, 3.05) is 32.6 Å². The molecule has 0 bridgehead atoms. The molecule has 6 heteroatoms. The molecule has 3 N–H and O–H groups in total. The third-order valence-electron chi connectivity index (χ3n) is 4.64. The number of anilines is 1. The highest BCUT2D eigenvalue weighted by Gasteiger charge is 2.09. The predicted molar refractivity (Wildman–Crippen MR) is 116 cm³/mol. The van der Waals surface area contributed by atoms with E-state index in [4.69, 9.17) is 9.47 Å². The lowest BCUT2D eigenvalue weighted by Gasteiger charge is -2.14. The highest BCUT2D eigenvalue weighted by molar-refractivity contribution is 5.94. The van der Waals surface area contributed by atoms with E-state index < -0.39 is 0 Å². The fourth-order valence-electron chi connectivity index (χ4n) is 3.30. The van der Waals surface area contributed by atoms with E-state index >= 15 is 0 Å². The quantitative estimate of drug-likeness (QED) is 0.426. The van der Waals surface area contributed by atoms with Gasteiger partial charge in [-0.15, -0.1) is 0 Å². The van der Waals surface area contributed by atoms with E-state index in [-0.39, 0.29) is 0 Å². The van der Waals surface area contributed by atoms with Crippen molar-refractivity contribution in [3.63, 3.8) is 0 Å². The largest absolute Gasteiger partial charge is 0.493 e. The van der Waals surface area contributed by atoms with Gasteiger partial charge in [-0.1, -0.05) is 18.2 Å². The fourth-order valence-corrected chi connectivity index (χ4v) is 3.30. The Morgan fingerprint density at radius 2 is 1.96 bits per heavy atom. The zero-order chi connectivity index (χ0) is 19.9. The molecule has 0 atom stereocenters. The van der Waals surface area contributed by atoms with Gasteiger partial charge in [-0.25, -0.2) is 0 Å². The fraction of sp³-hybridized carbons (Fsp3) is 0.318. The van der Waals surface area contributed by atoms with Crippen LogP contribution in [0.2, 0.25) is 0 Å². The summed E-state index contributed by atoms with van der Waals surface area (Å²) in [5.41, 5.74) is 4.61. The van der Waals surface area contributed by atoms with Crippen LogP contribution in [0.15, 0.2) is 47.5 Å². The number of para-hydroxylation sites is 1. The molecular formula is C22H28N4O2. The molecule has 0 unspecified atom stereocenters. The Morgan fingerprint density at radius 1 is 1.14 bits per heavy atom. The number of rotatable bonds is 7. The second-order valence-electron chi connectivity index (χ2n) is 6.45. The van der Waals surface area contributed by atoms with Gasteiger partial charge >= 0.3 is 0 Å². The van der Waals surface area contributed by atoms with Gasteiger partial charge in [-0.05, 0) is 44.0 Å². The van der Waals surface area contributed by atoms with Gasteiger partial charge in [-0.2, -0.15) is 0 Å². The summed E-state index contributed by atoms with van der Waals surface area (Å²) in [6, 6.07) is 14.1. The lowest BCUT2D eigenvalue weighted by molar-refractivity contribution is 0.311. The molecular weight excluding hydrogens is 352 g/mol. The predicted octanol–water partition coefficient (Wildman–Crippen LogP) is 4.11. The monoisotopic (exact) mass is 380 g/mol. The van der Waals surface area contributed by atoms with E-state index in [1.165, 1.54) is 22.2 Å². The number of nitrogens with zero attached hydrogens (tertiary/aromatic N) is 1. The summed E-state index contributed by atoms with van der Waals surface area (Å²) in [5, 5.41) is 7.96. The molecule has 0 radical (unpaired) electrons. The Kier molecular flexibility index (Phi) is 6.42. The summed E-state index contributed by atoms with van der Waals surface area (Å²) < 4.78 is 11.0. The van der Waals surface area contributed by atoms with Crippen molar-refractivity contribution in [2.45, 2.75) is 20.3 Å². The lowest BCUT2D eigenvalue weighted by atomic mass is 10.1. The van der Waals surface area contributed by atoms with E-state index in [1.54, 1.807) is 14.2 Å². The van der Waals surface area contributed by atoms with Crippen LogP contribution in [0.4, 0.5) is 5.69 Å². The molecule has 2 aromatic carbocycles. The van der Waals surface area contributed by atoms with Crippen LogP contribution in [0, 0.1) is 6.92 Å². The molecule has 0 saturated carbocycles. The van der Waals surface area contributed by atoms with Gasteiger partial charge in [0.2, 0.25) is 0 Å². The van der Waals surface area contributed by atoms with Crippen LogP contribution < -0.4 is 20.1 Å². The van der Waals surface area contributed by atoms with E-state index in [1.807, 2.05) is 25.1 Å². The van der Waals surface area contributed by atoms with Crippen molar-refractivity contribution in [1.29, 1.82) is 0 Å². The molecule has 0 aliphatic heterocycles. The number of aromatic nitrogens is 1. The van der Waals surface area contributed by atoms with Gasteiger partial charge in [0.1, 0.15) is 0 Å². The zero-order valence-electron chi connectivity index (χ0n) is 16.9. The van der Waals surface area contributed by atoms with Crippen LogP contribution in [0.1, 0.15) is 18.2 Å². The van der Waals surface area contributed by atoms with Gasteiger partial charge in [-0.3, -0.25) is 4.99 Å². The number of methoxy groups -OCH3 is 1. The summed E-state index contributed by atoms with van der Waals surface area (Å²) in [5.74, 6) is 2.13. The summed E-state index contributed by atoms with van der Waals surface area (Å²) in [4.78, 5) is 7.76. The number of hydrogen-bond acceptors (Lipinski definition) is 3. The van der Waals surface area contributed by atoms with Crippen LogP contribution in [0.5, 0.6) is 11.5 Å². The Hall–Kier alpha value is -3.15. The number of nitrogens with one attached hydrogen (secondary N) is 3. The highest BCUT2D eigenvalue weighted by atomic mass is 16.5. The molecule has 1 aromatic heterocycles. The van der Waals surface area contributed by atoms with E-state index in [2.05, 4.69) is 51.8 Å². The zero-order valence-corrected chi connectivity index (χ0v) is 16.9. The first kappa shape index (κ1) is 19.6. The Morgan fingerprint density at radius 3 is 2.71 bits per heavy atom. The molecule has 0 saturated heterocycles. The average molecular weight is 380 g/mol. The molecule has 0 fully saturated rings. The maximum Gasteiger partial charge on any atom is 0.195 e. The SMILES string of the molecule is CCOc1ccc(NC(=NC)NCCc2c(C)[nH]c3ccccc23)cc1OC. The minimum Gasteiger partial charge on any atom is -0.493 e. The second-order valence-corrected chi connectivity index (χ2v) is 6.45. The number of aliphatic imine (C=N–C) groups is 1. The van der Waals surface area contributed by atoms with Crippen LogP contribution >= 0.6 is 0 Å². The summed E-state index contributed by atoms with van der Waals surface area (Å²) in [7, 11) is 3.40. The minimum atomic E-state index is 0.597. The first-order valence-corrected chi connectivity index (χ1v) is 9.51. The number of hydrogen-bond donors (Lipinski definition) is 3. The third kappa shape index (κ3) is 4.39. The van der Waals surface area contributed by atoms with Gasteiger partial charge in [0.15, 0.2) is 17.5 Å². The molecule has 148 valence electrons. The molecule has 3 rings (SSSR count). The molecule has 0 spiro atoms. The molecule has 28 heavy (non-hydrogen) atoms. The maximum absolute atomic E-state index is 5.57. The van der Waals surface area contributed by atoms with Crippen molar-refractivity contribution in [1.82, 2.24) is 10.3 Å². The van der Waals surface area contributed by atoms with Gasteiger partial charge in [0.05, 0.1) is 13.7 Å². The number of fused-ring (bicyclic) bond motifs is 1. The summed E-state index contributed by atoms with van der Waals surface area (Å²) in [6.07, 6.45) is 0.906. The van der Waals surface area contributed by atoms with Crippen molar-refractivity contribution in [2.24, 2.45) is 4.99 Å². The molecule has 0 aliphatic rings. The Bertz CT molecular complexity index is 962. The van der Waals surface area contributed by atoms with Gasteiger partial charge in [0, 0.05) is 41.9 Å². The number of guanidine groups is 1. The van der Waals surface area contributed by atoms with E-state index in [9.17, 15) is 0 Å². The number of ether oxygens (including phenoxy) is 2. The van der Waals surface area contributed by atoms with E-state index in [0.717, 1.165) is 24.4 Å². The standard InChI is InChI=1S/C22H28N4O2/c1-5-28-20-11-10-16(14-21(20)27-4)26-22(23-3)24-13-12-17-15(2)25-19-9-7-6-8-18(17)19/h6-11,14,25H,5,12-13H2,1-4H3,(H2,23,24,26). The average Bonchev–Trinajstić information content (AvgIpc) is 3.03. The lowest BCUT2D eigenvalue weighted by Crippen LogP contribution is -2.32. The first-order valence-electron chi connectivity index (χ1n) is 9.51. The Balaban J connectivity index is 1.63. The summed E-state index contributed by atoms with van der Waals surface area (Å²) in [6.45, 7) is 5.44. The third-order valence-corrected chi connectivity index (χ3v) is 4.64. The van der Waals surface area contributed by atoms with Crippen LogP contribution in [0.3, 0.4) is 0 Å².